The van der Waals surface area contributed by atoms with Gasteiger partial charge in [-0.1, -0.05) is 53.9 Å². The SMILES string of the molecule is CCCCC(C)(C)COCCOCC(=O)NCC(=O)OC1(CC)C(=O)OCc2c1cc1n(c2=O)Cc2c-1nc1ccc(OC(=O)N3CCC(N4CCCCC4)CC3)cc1c2CC. The zero-order chi connectivity index (χ0) is 44.0. The summed E-state index contributed by atoms with van der Waals surface area (Å²) >= 11 is 0. The first-order valence-electron chi connectivity index (χ1n) is 22.6. The molecule has 3 aromatic rings. The first kappa shape index (κ1) is 45.2. The molecule has 0 aliphatic carbocycles. The zero-order valence-electron chi connectivity index (χ0n) is 37.1. The van der Waals surface area contributed by atoms with Crippen molar-refractivity contribution in [3.05, 3.63) is 56.9 Å². The maximum atomic E-state index is 14.2. The predicted octanol–water partition coefficient (Wildman–Crippen LogP) is 6.01. The molecule has 2 fully saturated rings. The molecular weight excluding hydrogens is 795 g/mol. The molecule has 62 heavy (non-hydrogen) atoms. The quantitative estimate of drug-likeness (QED) is 0.0973. The van der Waals surface area contributed by atoms with Gasteiger partial charge in [-0.2, -0.15) is 0 Å². The highest BCUT2D eigenvalue weighted by atomic mass is 16.6. The fourth-order valence-corrected chi connectivity index (χ4v) is 9.44. The number of piperidine rings is 2. The van der Waals surface area contributed by atoms with Gasteiger partial charge in [0.25, 0.3) is 5.56 Å². The van der Waals surface area contributed by atoms with Crippen LogP contribution in [0.1, 0.15) is 115 Å². The molecule has 7 rings (SSSR count). The molecule has 2 saturated heterocycles. The summed E-state index contributed by atoms with van der Waals surface area (Å²) in [6, 6.07) is 7.63. The smallest absolute Gasteiger partial charge is 0.415 e. The van der Waals surface area contributed by atoms with Crippen molar-refractivity contribution in [2.24, 2.45) is 5.41 Å². The van der Waals surface area contributed by atoms with Gasteiger partial charge in [0.15, 0.2) is 0 Å². The lowest BCUT2D eigenvalue weighted by Gasteiger charge is -2.39. The number of nitrogens with zero attached hydrogens (tertiary/aromatic N) is 4. The van der Waals surface area contributed by atoms with E-state index in [9.17, 15) is 24.0 Å². The number of aryl methyl sites for hydroxylation is 1. The van der Waals surface area contributed by atoms with E-state index in [1.54, 1.807) is 28.5 Å². The number of pyridine rings is 2. The number of nitrogens with one attached hydrogen (secondary N) is 1. The number of ether oxygens (including phenoxy) is 5. The summed E-state index contributed by atoms with van der Waals surface area (Å²) in [5, 5.41) is 3.31. The second-order valence-electron chi connectivity index (χ2n) is 17.8. The average Bonchev–Trinajstić information content (AvgIpc) is 3.65. The van der Waals surface area contributed by atoms with Crippen LogP contribution in [0, 0.1) is 5.41 Å². The Hall–Kier alpha value is -4.86. The molecule has 0 bridgehead atoms. The number of amides is 2. The second-order valence-corrected chi connectivity index (χ2v) is 17.8. The summed E-state index contributed by atoms with van der Waals surface area (Å²) in [6.07, 6.45) is 9.24. The largest absolute Gasteiger partial charge is 0.457 e. The van der Waals surface area contributed by atoms with Gasteiger partial charge >= 0.3 is 18.0 Å². The molecule has 4 aliphatic heterocycles. The van der Waals surface area contributed by atoms with Gasteiger partial charge in [0.1, 0.15) is 25.5 Å². The number of hydrogen-bond acceptors (Lipinski definition) is 12. The Kier molecular flexibility index (Phi) is 14.3. The molecule has 2 amide bonds. The van der Waals surface area contributed by atoms with E-state index >= 15 is 0 Å². The highest BCUT2D eigenvalue weighted by Crippen LogP contribution is 2.42. The maximum Gasteiger partial charge on any atom is 0.415 e. The molecule has 336 valence electrons. The fraction of sp³-hybridized carbons (Fsp3) is 0.617. The van der Waals surface area contributed by atoms with Crippen LogP contribution in [0.15, 0.2) is 29.1 Å². The van der Waals surface area contributed by atoms with Crippen LogP contribution < -0.4 is 15.6 Å². The summed E-state index contributed by atoms with van der Waals surface area (Å²) in [6.45, 7) is 14.1. The molecular formula is C47H63N5O10. The third-order valence-electron chi connectivity index (χ3n) is 13.0. The minimum Gasteiger partial charge on any atom is -0.457 e. The number of carbonyl (C=O) groups excluding carboxylic acids is 4. The fourth-order valence-electron chi connectivity index (χ4n) is 9.44. The Morgan fingerprint density at radius 3 is 2.45 bits per heavy atom. The van der Waals surface area contributed by atoms with E-state index in [2.05, 4.69) is 31.0 Å². The van der Waals surface area contributed by atoms with Gasteiger partial charge in [-0.05, 0) is 93.3 Å². The monoisotopic (exact) mass is 857 g/mol. The standard InChI is InChI=1S/C47H63N5O10/c1-6-9-17-46(4,5)30-59-23-22-58-29-40(53)48-26-41(54)62-47(8-3)37-25-39-42-35(27-52(39)43(55)36(37)28-60-44(47)56)33(7-2)34-24-32(13-14-38(34)49-42)61-45(57)51-20-15-31(16-21-51)50-18-11-10-12-19-50/h13-14,24-25,31H,6-12,15-23,26-30H2,1-5H3,(H,48,53). The van der Waals surface area contributed by atoms with Crippen LogP contribution in [-0.2, 0) is 58.5 Å². The summed E-state index contributed by atoms with van der Waals surface area (Å²) in [7, 11) is 0. The minimum atomic E-state index is -1.92. The Balaban J connectivity index is 1.02. The number of aromatic nitrogens is 2. The van der Waals surface area contributed by atoms with Crippen LogP contribution in [0.4, 0.5) is 4.79 Å². The Morgan fingerprint density at radius 2 is 1.73 bits per heavy atom. The molecule has 0 saturated carbocycles. The van der Waals surface area contributed by atoms with Crippen LogP contribution >= 0.6 is 0 Å². The zero-order valence-corrected chi connectivity index (χ0v) is 37.1. The molecule has 4 aliphatic rings. The van der Waals surface area contributed by atoms with Gasteiger partial charge in [-0.3, -0.25) is 14.4 Å². The highest BCUT2D eigenvalue weighted by molar-refractivity contribution is 5.91. The van der Waals surface area contributed by atoms with Crippen LogP contribution in [-0.4, -0.2) is 108 Å². The van der Waals surface area contributed by atoms with Gasteiger partial charge < -0.3 is 43.4 Å². The van der Waals surface area contributed by atoms with E-state index < -0.39 is 30.0 Å². The van der Waals surface area contributed by atoms with Gasteiger partial charge in [-0.15, -0.1) is 0 Å². The Labute approximate surface area is 363 Å². The van der Waals surface area contributed by atoms with Gasteiger partial charge in [0, 0.05) is 35.6 Å². The number of likely N-dealkylation sites (tertiary alicyclic amines) is 2. The molecule has 2 aromatic heterocycles. The lowest BCUT2D eigenvalue weighted by Crippen LogP contribution is -2.48. The van der Waals surface area contributed by atoms with Crippen LogP contribution in [0.25, 0.3) is 22.3 Å². The number of unbranched alkanes of at least 4 members (excludes halogenated alkanes) is 1. The number of cyclic esters (lactones) is 1. The second kappa shape index (κ2) is 19.7. The van der Waals surface area contributed by atoms with Crippen molar-refractivity contribution in [1.29, 1.82) is 0 Å². The Morgan fingerprint density at radius 1 is 0.968 bits per heavy atom. The van der Waals surface area contributed by atoms with Crippen molar-refractivity contribution in [3.8, 4) is 17.1 Å². The summed E-state index contributed by atoms with van der Waals surface area (Å²) in [5.74, 6) is -1.78. The maximum absolute atomic E-state index is 14.2. The predicted molar refractivity (Wildman–Crippen MR) is 232 cm³/mol. The number of rotatable bonds is 17. The summed E-state index contributed by atoms with van der Waals surface area (Å²) in [4.78, 5) is 76.3. The molecule has 0 radical (unpaired) electrons. The number of fused-ring (bicyclic) bond motifs is 5. The van der Waals surface area contributed by atoms with E-state index in [0.29, 0.717) is 61.4 Å². The summed E-state index contributed by atoms with van der Waals surface area (Å²) in [5.41, 5.74) is 1.77. The van der Waals surface area contributed by atoms with Gasteiger partial charge in [0.2, 0.25) is 11.5 Å². The molecule has 15 nitrogen and oxygen atoms in total. The van der Waals surface area contributed by atoms with Crippen LogP contribution in [0.2, 0.25) is 0 Å². The number of hydrogen-bond donors (Lipinski definition) is 1. The van der Waals surface area contributed by atoms with E-state index in [4.69, 9.17) is 28.7 Å². The van der Waals surface area contributed by atoms with Gasteiger partial charge in [-0.25, -0.2) is 14.6 Å². The van der Waals surface area contributed by atoms with E-state index in [0.717, 1.165) is 61.7 Å². The molecule has 6 heterocycles. The number of esters is 2. The van der Waals surface area contributed by atoms with Crippen LogP contribution in [0.5, 0.6) is 5.75 Å². The molecule has 1 atom stereocenters. The lowest BCUT2D eigenvalue weighted by atomic mass is 9.85. The van der Waals surface area contributed by atoms with E-state index in [1.165, 1.54) is 19.3 Å². The number of carbonyl (C=O) groups is 4. The highest BCUT2D eigenvalue weighted by Gasteiger charge is 2.50. The summed E-state index contributed by atoms with van der Waals surface area (Å²) < 4.78 is 30.1. The molecule has 15 heteroatoms. The molecule has 1 aromatic carbocycles. The topological polar surface area (TPSA) is 168 Å². The van der Waals surface area contributed by atoms with Crippen LogP contribution in [0.3, 0.4) is 0 Å². The van der Waals surface area contributed by atoms with Crippen molar-refractivity contribution < 1.29 is 42.9 Å². The van der Waals surface area contributed by atoms with Crippen molar-refractivity contribution >= 4 is 34.8 Å². The minimum absolute atomic E-state index is 0.0179. The first-order chi connectivity index (χ1) is 29.9. The van der Waals surface area contributed by atoms with E-state index in [-0.39, 0.29) is 61.0 Å². The van der Waals surface area contributed by atoms with Crippen molar-refractivity contribution in [2.75, 3.05) is 59.2 Å². The van der Waals surface area contributed by atoms with Crippen molar-refractivity contribution in [3.63, 3.8) is 0 Å². The number of benzene rings is 1. The normalized spacial score (nSPS) is 19.1. The van der Waals surface area contributed by atoms with Crippen molar-refractivity contribution in [1.82, 2.24) is 24.7 Å². The Bertz CT molecular complexity index is 2210. The lowest BCUT2D eigenvalue weighted by molar-refractivity contribution is -0.189. The first-order valence-corrected chi connectivity index (χ1v) is 22.6. The van der Waals surface area contributed by atoms with Crippen molar-refractivity contribution in [2.45, 2.75) is 124 Å². The molecule has 0 spiro atoms. The van der Waals surface area contributed by atoms with E-state index in [1.807, 2.05) is 19.1 Å². The van der Waals surface area contributed by atoms with Gasteiger partial charge in [0.05, 0.1) is 48.8 Å². The molecule has 1 unspecified atom stereocenters. The molecule has 1 N–H and O–H groups in total. The average molecular weight is 858 g/mol. The third kappa shape index (κ3) is 9.69. The third-order valence-corrected chi connectivity index (χ3v) is 13.0.